The molecule has 0 aliphatic heterocycles. The number of furan rings is 1. The van der Waals surface area contributed by atoms with Gasteiger partial charge in [0, 0.05) is 5.56 Å². The van der Waals surface area contributed by atoms with Gasteiger partial charge in [-0.25, -0.2) is 13.1 Å². The van der Waals surface area contributed by atoms with E-state index in [0.29, 0.717) is 11.3 Å². The van der Waals surface area contributed by atoms with Gasteiger partial charge in [0.1, 0.15) is 11.5 Å². The van der Waals surface area contributed by atoms with Gasteiger partial charge in [-0.05, 0) is 47.2 Å². The Hall–Kier alpha value is -1.84. The van der Waals surface area contributed by atoms with Gasteiger partial charge in [0.05, 0.1) is 29.8 Å². The molecule has 138 valence electrons. The fourth-order valence-corrected chi connectivity index (χ4v) is 4.57. The van der Waals surface area contributed by atoms with Crippen molar-refractivity contribution in [2.45, 2.75) is 10.5 Å². The first-order valence-corrected chi connectivity index (χ1v) is 10.3. The highest BCUT2D eigenvalue weighted by atomic mass is 35.5. The second-order valence-electron chi connectivity index (χ2n) is 5.47. The number of thiophene rings is 1. The van der Waals surface area contributed by atoms with E-state index >= 15 is 0 Å². The van der Waals surface area contributed by atoms with Gasteiger partial charge in [0.25, 0.3) is 0 Å². The molecule has 0 saturated carbocycles. The van der Waals surface area contributed by atoms with E-state index in [9.17, 15) is 13.5 Å². The molecule has 0 aliphatic carbocycles. The molecule has 0 radical (unpaired) electrons. The molecule has 0 amide bonds. The van der Waals surface area contributed by atoms with Gasteiger partial charge in [-0.1, -0.05) is 11.6 Å². The van der Waals surface area contributed by atoms with Gasteiger partial charge in [-0.2, -0.15) is 11.3 Å². The lowest BCUT2D eigenvalue weighted by molar-refractivity contribution is 0.0623. The molecule has 2 aromatic heterocycles. The van der Waals surface area contributed by atoms with Crippen molar-refractivity contribution in [2.75, 3.05) is 13.7 Å². The molecule has 6 nitrogen and oxygen atoms in total. The number of hydrogen-bond donors (Lipinski definition) is 2. The summed E-state index contributed by atoms with van der Waals surface area (Å²) in [5.74, 6) is 0.613. The minimum Gasteiger partial charge on any atom is -0.495 e. The van der Waals surface area contributed by atoms with Crippen LogP contribution in [0.3, 0.4) is 0 Å². The third-order valence-electron chi connectivity index (χ3n) is 3.88. The molecule has 0 fully saturated rings. The molecule has 0 aliphatic rings. The minimum absolute atomic E-state index is 0.0320. The molecule has 0 unspecified atom stereocenters. The van der Waals surface area contributed by atoms with E-state index in [2.05, 4.69) is 4.72 Å². The zero-order valence-corrected chi connectivity index (χ0v) is 16.1. The summed E-state index contributed by atoms with van der Waals surface area (Å²) >= 11 is 7.40. The quantitative estimate of drug-likeness (QED) is 0.620. The van der Waals surface area contributed by atoms with Gasteiger partial charge >= 0.3 is 0 Å². The summed E-state index contributed by atoms with van der Waals surface area (Å²) in [5.41, 5.74) is -1.10. The molecule has 0 spiro atoms. The average molecular weight is 414 g/mol. The van der Waals surface area contributed by atoms with Crippen molar-refractivity contribution in [1.29, 1.82) is 0 Å². The van der Waals surface area contributed by atoms with E-state index in [1.807, 2.05) is 0 Å². The highest BCUT2D eigenvalue weighted by Crippen LogP contribution is 2.32. The van der Waals surface area contributed by atoms with Gasteiger partial charge in [0.15, 0.2) is 5.60 Å². The first kappa shape index (κ1) is 18.9. The van der Waals surface area contributed by atoms with Crippen LogP contribution < -0.4 is 9.46 Å². The molecule has 1 aromatic carbocycles. The maximum absolute atomic E-state index is 12.6. The maximum atomic E-state index is 12.6. The van der Waals surface area contributed by atoms with Crippen LogP contribution in [0.15, 0.2) is 62.7 Å². The Kier molecular flexibility index (Phi) is 5.40. The third kappa shape index (κ3) is 3.65. The summed E-state index contributed by atoms with van der Waals surface area (Å²) in [6, 6.07) is 9.07. The minimum atomic E-state index is -3.91. The molecule has 2 N–H and O–H groups in total. The van der Waals surface area contributed by atoms with Crippen LogP contribution in [-0.4, -0.2) is 27.2 Å². The number of aliphatic hydroxyl groups is 1. The zero-order chi connectivity index (χ0) is 18.8. The first-order chi connectivity index (χ1) is 12.4. The summed E-state index contributed by atoms with van der Waals surface area (Å²) in [5, 5.41) is 14.8. The lowest BCUT2D eigenvalue weighted by Gasteiger charge is -2.25. The second-order valence-corrected chi connectivity index (χ2v) is 8.42. The monoisotopic (exact) mass is 413 g/mol. The van der Waals surface area contributed by atoms with Crippen LogP contribution in [-0.2, 0) is 15.6 Å². The van der Waals surface area contributed by atoms with Crippen LogP contribution in [0.4, 0.5) is 0 Å². The largest absolute Gasteiger partial charge is 0.495 e. The van der Waals surface area contributed by atoms with Gasteiger partial charge in [-0.3, -0.25) is 0 Å². The predicted octanol–water partition coefficient (Wildman–Crippen LogP) is 3.22. The molecule has 3 aromatic rings. The van der Waals surface area contributed by atoms with E-state index in [1.165, 1.54) is 42.9 Å². The van der Waals surface area contributed by atoms with E-state index in [0.717, 1.165) is 0 Å². The summed E-state index contributed by atoms with van der Waals surface area (Å²) < 4.78 is 38.0. The van der Waals surface area contributed by atoms with Crippen molar-refractivity contribution in [2.24, 2.45) is 0 Å². The van der Waals surface area contributed by atoms with Crippen LogP contribution in [0.25, 0.3) is 0 Å². The standard InChI is InChI=1S/C17H16ClNO5S2/c1-23-15-5-4-13(9-14(15)18)26(21,22)19-11-17(20,12-6-8-25-10-12)16-3-2-7-24-16/h2-10,19-20H,11H2,1H3/t17-/m1/s1. The Morgan fingerprint density at radius 3 is 2.73 bits per heavy atom. The molecule has 26 heavy (non-hydrogen) atoms. The van der Waals surface area contributed by atoms with Gasteiger partial charge in [0.2, 0.25) is 10.0 Å². The number of halogens is 1. The number of rotatable bonds is 7. The van der Waals surface area contributed by atoms with Crippen LogP contribution in [0.2, 0.25) is 5.02 Å². The molecular weight excluding hydrogens is 398 g/mol. The Morgan fingerprint density at radius 2 is 2.15 bits per heavy atom. The Balaban J connectivity index is 1.88. The lowest BCUT2D eigenvalue weighted by atomic mass is 9.94. The SMILES string of the molecule is COc1ccc(S(=O)(=O)NC[C@@](O)(c2ccsc2)c2ccco2)cc1Cl. The Morgan fingerprint density at radius 1 is 1.35 bits per heavy atom. The van der Waals surface area contributed by atoms with E-state index < -0.39 is 15.6 Å². The van der Waals surface area contributed by atoms with E-state index in [1.54, 1.807) is 29.0 Å². The molecule has 2 heterocycles. The molecule has 9 heteroatoms. The fourth-order valence-electron chi connectivity index (χ4n) is 2.44. The first-order valence-electron chi connectivity index (χ1n) is 7.49. The number of nitrogens with one attached hydrogen (secondary N) is 1. The van der Waals surface area contributed by atoms with Gasteiger partial charge < -0.3 is 14.3 Å². The third-order valence-corrected chi connectivity index (χ3v) is 6.26. The van der Waals surface area contributed by atoms with Crippen LogP contribution >= 0.6 is 22.9 Å². The van der Waals surface area contributed by atoms with Crippen LogP contribution in [0.5, 0.6) is 5.75 Å². The Bertz CT molecular complexity index is 935. The molecule has 1 atom stereocenters. The number of methoxy groups -OCH3 is 1. The summed E-state index contributed by atoms with van der Waals surface area (Å²) in [6.45, 7) is -0.302. The number of benzene rings is 1. The highest BCUT2D eigenvalue weighted by molar-refractivity contribution is 7.89. The van der Waals surface area contributed by atoms with Crippen molar-refractivity contribution in [3.05, 3.63) is 69.8 Å². The molecule has 3 rings (SSSR count). The van der Waals surface area contributed by atoms with Crippen molar-refractivity contribution >= 4 is 33.0 Å². The normalized spacial score (nSPS) is 14.1. The fraction of sp³-hybridized carbons (Fsp3) is 0.176. The van der Waals surface area contributed by atoms with Crippen molar-refractivity contribution in [3.8, 4) is 5.75 Å². The van der Waals surface area contributed by atoms with E-state index in [4.69, 9.17) is 20.8 Å². The highest BCUT2D eigenvalue weighted by Gasteiger charge is 2.36. The lowest BCUT2D eigenvalue weighted by Crippen LogP contribution is -2.41. The summed E-state index contributed by atoms with van der Waals surface area (Å²) in [7, 11) is -2.47. The van der Waals surface area contributed by atoms with Crippen molar-refractivity contribution in [1.82, 2.24) is 4.72 Å². The molecule has 0 bridgehead atoms. The second kappa shape index (κ2) is 7.42. The van der Waals surface area contributed by atoms with Crippen molar-refractivity contribution < 1.29 is 22.7 Å². The molecular formula is C17H16ClNO5S2. The summed E-state index contributed by atoms with van der Waals surface area (Å²) in [4.78, 5) is -0.0320. The zero-order valence-electron chi connectivity index (χ0n) is 13.7. The maximum Gasteiger partial charge on any atom is 0.240 e. The number of sulfonamides is 1. The van der Waals surface area contributed by atoms with Crippen LogP contribution in [0, 0.1) is 0 Å². The van der Waals surface area contributed by atoms with E-state index in [-0.39, 0.29) is 22.2 Å². The predicted molar refractivity (Wildman–Crippen MR) is 99.2 cm³/mol. The number of hydrogen-bond acceptors (Lipinski definition) is 6. The molecule has 0 saturated heterocycles. The topological polar surface area (TPSA) is 88.8 Å². The summed E-state index contributed by atoms with van der Waals surface area (Å²) in [6.07, 6.45) is 1.42. The Labute approximate surface area is 160 Å². The van der Waals surface area contributed by atoms with Gasteiger partial charge in [-0.15, -0.1) is 0 Å². The number of ether oxygens (including phenoxy) is 1. The average Bonchev–Trinajstić information content (AvgIpc) is 3.33. The van der Waals surface area contributed by atoms with Crippen molar-refractivity contribution in [3.63, 3.8) is 0 Å². The van der Waals surface area contributed by atoms with Crippen LogP contribution in [0.1, 0.15) is 11.3 Å². The smallest absolute Gasteiger partial charge is 0.240 e.